The highest BCUT2D eigenvalue weighted by Gasteiger charge is 2.56. The maximum absolute atomic E-state index is 13.2. The lowest BCUT2D eigenvalue weighted by atomic mass is 9.79. The molecule has 0 aliphatic heterocycles. The molecular formula is C27H37ClO10. The smallest absolute Gasteiger partial charge is 0.305 e. The maximum Gasteiger partial charge on any atom is 0.305 e. The molecule has 1 N–H and O–H groups in total. The fraction of sp³-hybridized carbons (Fsp3) is 0.593. The lowest BCUT2D eigenvalue weighted by Gasteiger charge is -2.39. The number of Topliss-reactive ketones (excluding diaryl/α,β-unsaturated/α-hetero) is 1. The van der Waals surface area contributed by atoms with Crippen molar-refractivity contribution in [2.24, 2.45) is 5.92 Å². The van der Waals surface area contributed by atoms with Crippen LogP contribution in [0.15, 0.2) is 35.4 Å². The number of esters is 4. The number of rotatable bonds is 15. The molecule has 212 valence electrons. The van der Waals surface area contributed by atoms with Gasteiger partial charge in [-0.25, -0.2) is 0 Å². The summed E-state index contributed by atoms with van der Waals surface area (Å²) < 4.78 is 21.0. The fourth-order valence-corrected chi connectivity index (χ4v) is 4.51. The highest BCUT2D eigenvalue weighted by atomic mass is 35.5. The maximum atomic E-state index is 13.2. The van der Waals surface area contributed by atoms with E-state index in [4.69, 9.17) is 25.8 Å². The van der Waals surface area contributed by atoms with Gasteiger partial charge in [0.05, 0.1) is 18.1 Å². The van der Waals surface area contributed by atoms with Gasteiger partial charge >= 0.3 is 23.9 Å². The third-order valence-corrected chi connectivity index (χ3v) is 6.05. The number of hydrogen-bond donors (Lipinski definition) is 1. The van der Waals surface area contributed by atoms with E-state index in [1.54, 1.807) is 12.2 Å². The van der Waals surface area contributed by atoms with Gasteiger partial charge in [-0.1, -0.05) is 42.8 Å². The number of carbonyl (C=O) groups excluding carboxylic acids is 5. The van der Waals surface area contributed by atoms with E-state index in [0.29, 0.717) is 6.42 Å². The number of methoxy groups -OCH3 is 1. The second-order valence-electron chi connectivity index (χ2n) is 8.88. The van der Waals surface area contributed by atoms with E-state index < -0.39 is 59.5 Å². The molecule has 1 unspecified atom stereocenters. The summed E-state index contributed by atoms with van der Waals surface area (Å²) >= 11 is 6.14. The highest BCUT2D eigenvalue weighted by Crippen LogP contribution is 2.41. The molecule has 0 aromatic rings. The van der Waals surface area contributed by atoms with Gasteiger partial charge in [0, 0.05) is 27.2 Å². The number of allylic oxidation sites excluding steroid dienone is 4. The molecule has 0 bridgehead atoms. The minimum Gasteiger partial charge on any atom is -0.469 e. The third-order valence-electron chi connectivity index (χ3n) is 5.76. The van der Waals surface area contributed by atoms with Crippen LogP contribution in [-0.2, 0) is 42.9 Å². The molecule has 0 saturated heterocycles. The summed E-state index contributed by atoms with van der Waals surface area (Å²) in [5, 5.41) is 11.3. The minimum absolute atomic E-state index is 0.00540. The molecule has 11 heteroatoms. The Morgan fingerprint density at radius 3 is 2.18 bits per heavy atom. The van der Waals surface area contributed by atoms with Crippen molar-refractivity contribution in [3.63, 3.8) is 0 Å². The van der Waals surface area contributed by atoms with Crippen LogP contribution in [0.1, 0.15) is 66.2 Å². The first kappa shape index (κ1) is 33.0. The molecule has 0 aromatic carbocycles. The zero-order chi connectivity index (χ0) is 28.9. The number of aliphatic hydroxyl groups is 1. The van der Waals surface area contributed by atoms with Crippen molar-refractivity contribution in [2.45, 2.75) is 90.1 Å². The molecular weight excluding hydrogens is 520 g/mol. The summed E-state index contributed by atoms with van der Waals surface area (Å²) in [5.74, 6) is -5.09. The highest BCUT2D eigenvalue weighted by molar-refractivity contribution is 6.44. The molecule has 0 saturated carbocycles. The Morgan fingerprint density at radius 2 is 1.63 bits per heavy atom. The fourth-order valence-electron chi connectivity index (χ4n) is 4.20. The van der Waals surface area contributed by atoms with Crippen molar-refractivity contribution >= 4 is 41.3 Å². The zero-order valence-electron chi connectivity index (χ0n) is 22.4. The summed E-state index contributed by atoms with van der Waals surface area (Å²) in [7, 11) is 1.22. The van der Waals surface area contributed by atoms with E-state index in [2.05, 4.69) is 4.74 Å². The Bertz CT molecular complexity index is 954. The van der Waals surface area contributed by atoms with Crippen molar-refractivity contribution < 1.29 is 48.0 Å². The van der Waals surface area contributed by atoms with Gasteiger partial charge in [0.2, 0.25) is 0 Å². The molecule has 10 nitrogen and oxygen atoms in total. The number of ketones is 1. The third kappa shape index (κ3) is 10.4. The lowest BCUT2D eigenvalue weighted by molar-refractivity contribution is -0.194. The van der Waals surface area contributed by atoms with E-state index in [1.165, 1.54) is 13.2 Å². The van der Waals surface area contributed by atoms with Gasteiger partial charge in [-0.15, -0.1) is 0 Å². The Kier molecular flexibility index (Phi) is 14.0. The van der Waals surface area contributed by atoms with Crippen molar-refractivity contribution in [3.8, 4) is 0 Å². The first-order chi connectivity index (χ1) is 17.9. The standard InChI is InChI=1S/C27H37ClO10/c1-6-7-8-9-10-11-15-27(34)16-20(28)24(33)23(27)26(38-19(4)31)25(37-18(3)30)21(36-17(2)29)13-12-14-22(32)35-5/h7-8,10-11,16,21,23,25-26,34H,6,9,12-15H2,1-5H3/b8-7-,11-10-/t21-,23?,25+,26+,27+/m0/s1. The lowest BCUT2D eigenvalue weighted by Crippen LogP contribution is -2.55. The zero-order valence-corrected chi connectivity index (χ0v) is 23.2. The summed E-state index contributed by atoms with van der Waals surface area (Å²) in [6.45, 7) is 5.31. The molecule has 0 fully saturated rings. The molecule has 0 amide bonds. The first-order valence-electron chi connectivity index (χ1n) is 12.4. The van der Waals surface area contributed by atoms with Crippen molar-refractivity contribution in [1.82, 2.24) is 0 Å². The molecule has 0 spiro atoms. The second kappa shape index (κ2) is 16.1. The van der Waals surface area contributed by atoms with Gasteiger partial charge in [-0.2, -0.15) is 0 Å². The quantitative estimate of drug-likeness (QED) is 0.181. The Hall–Kier alpha value is -2.98. The van der Waals surface area contributed by atoms with Gasteiger partial charge in [0.1, 0.15) is 11.7 Å². The van der Waals surface area contributed by atoms with Crippen LogP contribution in [0.5, 0.6) is 0 Å². The van der Waals surface area contributed by atoms with E-state index >= 15 is 0 Å². The monoisotopic (exact) mass is 556 g/mol. The number of carbonyl (C=O) groups is 5. The molecule has 1 aliphatic rings. The van der Waals surface area contributed by atoms with Crippen molar-refractivity contribution in [2.75, 3.05) is 7.11 Å². The van der Waals surface area contributed by atoms with Crippen LogP contribution >= 0.6 is 11.6 Å². The first-order valence-corrected chi connectivity index (χ1v) is 12.8. The normalized spacial score (nSPS) is 21.6. The molecule has 0 radical (unpaired) electrons. The van der Waals surface area contributed by atoms with Gasteiger partial charge in [0.25, 0.3) is 0 Å². The second-order valence-corrected chi connectivity index (χ2v) is 9.29. The average Bonchev–Trinajstić information content (AvgIpc) is 3.05. The van der Waals surface area contributed by atoms with Crippen LogP contribution < -0.4 is 0 Å². The molecule has 0 heterocycles. The van der Waals surface area contributed by atoms with Crippen LogP contribution in [0.25, 0.3) is 0 Å². The number of hydrogen-bond acceptors (Lipinski definition) is 10. The summed E-state index contributed by atoms with van der Waals surface area (Å²) in [4.78, 5) is 61.0. The van der Waals surface area contributed by atoms with E-state index in [9.17, 15) is 29.1 Å². The van der Waals surface area contributed by atoms with E-state index in [0.717, 1.165) is 27.2 Å². The van der Waals surface area contributed by atoms with Gasteiger partial charge in [-0.3, -0.25) is 24.0 Å². The number of halogens is 1. The topological polar surface area (TPSA) is 142 Å². The van der Waals surface area contributed by atoms with Crippen LogP contribution in [0.2, 0.25) is 0 Å². The van der Waals surface area contributed by atoms with Crippen LogP contribution in [0, 0.1) is 5.92 Å². The molecule has 5 atom stereocenters. The Morgan fingerprint density at radius 1 is 1.03 bits per heavy atom. The summed E-state index contributed by atoms with van der Waals surface area (Å²) in [5.41, 5.74) is -1.90. The predicted octanol–water partition coefficient (Wildman–Crippen LogP) is 3.48. The van der Waals surface area contributed by atoms with Crippen LogP contribution in [-0.4, -0.2) is 65.8 Å². The predicted molar refractivity (Wildman–Crippen MR) is 138 cm³/mol. The van der Waals surface area contributed by atoms with Gasteiger partial charge in [-0.05, 0) is 38.2 Å². The van der Waals surface area contributed by atoms with Crippen LogP contribution in [0.4, 0.5) is 0 Å². The van der Waals surface area contributed by atoms with E-state index in [-0.39, 0.29) is 30.7 Å². The van der Waals surface area contributed by atoms with E-state index in [1.807, 2.05) is 19.1 Å². The molecule has 1 rings (SSSR count). The largest absolute Gasteiger partial charge is 0.469 e. The minimum atomic E-state index is -1.90. The molecule has 0 aromatic heterocycles. The summed E-state index contributed by atoms with van der Waals surface area (Å²) in [6.07, 6.45) is 5.79. The average molecular weight is 557 g/mol. The van der Waals surface area contributed by atoms with Gasteiger partial charge in [0.15, 0.2) is 18.0 Å². The van der Waals surface area contributed by atoms with Gasteiger partial charge < -0.3 is 24.1 Å². The van der Waals surface area contributed by atoms with Crippen molar-refractivity contribution in [1.29, 1.82) is 0 Å². The number of ether oxygens (including phenoxy) is 4. The van der Waals surface area contributed by atoms with Crippen molar-refractivity contribution in [3.05, 3.63) is 35.4 Å². The Labute approximate surface area is 228 Å². The summed E-state index contributed by atoms with van der Waals surface area (Å²) in [6, 6.07) is 0. The molecule has 1 aliphatic carbocycles. The molecule has 38 heavy (non-hydrogen) atoms. The Balaban J connectivity index is 3.48. The van der Waals surface area contributed by atoms with Crippen LogP contribution in [0.3, 0.4) is 0 Å². The SMILES string of the molecule is CC/C=C\C/C=C\C[C@@]1(O)C=C(Cl)C(=O)C1[C@@H](OC(C)=O)[C@H](OC(C)=O)[C@H](CCCC(=O)OC)OC(C)=O.